The van der Waals surface area contributed by atoms with E-state index in [1.54, 1.807) is 6.92 Å². The van der Waals surface area contributed by atoms with Crippen LogP contribution < -0.4 is 0 Å². The van der Waals surface area contributed by atoms with E-state index in [2.05, 4.69) is 13.5 Å². The monoisotopic (exact) mass is 198 g/mol. The van der Waals surface area contributed by atoms with Crippen molar-refractivity contribution in [3.8, 4) is 0 Å². The van der Waals surface area contributed by atoms with Gasteiger partial charge in [-0.1, -0.05) is 13.5 Å². The predicted octanol–water partition coefficient (Wildman–Crippen LogP) is 1.92. The van der Waals surface area contributed by atoms with Crippen molar-refractivity contribution in [1.29, 1.82) is 0 Å². The lowest BCUT2D eigenvalue weighted by atomic mass is 9.93. The maximum atomic E-state index is 11.0. The molecule has 1 saturated heterocycles. The fourth-order valence-electron chi connectivity index (χ4n) is 1.46. The maximum absolute atomic E-state index is 11.0. The molecule has 14 heavy (non-hydrogen) atoms. The summed E-state index contributed by atoms with van der Waals surface area (Å²) < 4.78 is 10.3. The normalized spacial score (nSPS) is 25.3. The quantitative estimate of drug-likeness (QED) is 0.500. The van der Waals surface area contributed by atoms with E-state index in [9.17, 15) is 4.79 Å². The van der Waals surface area contributed by atoms with Crippen LogP contribution in [0.4, 0.5) is 0 Å². The summed E-state index contributed by atoms with van der Waals surface area (Å²) in [5.41, 5.74) is 0.451. The lowest BCUT2D eigenvalue weighted by Crippen LogP contribution is -2.40. The minimum absolute atomic E-state index is 0.290. The Morgan fingerprint density at radius 3 is 2.79 bits per heavy atom. The van der Waals surface area contributed by atoms with E-state index in [0.29, 0.717) is 18.1 Å². The largest absolute Gasteiger partial charge is 0.462 e. The molecule has 1 aliphatic heterocycles. The highest BCUT2D eigenvalue weighted by Gasteiger charge is 2.30. The molecule has 0 spiro atoms. The number of rotatable bonds is 5. The molecule has 80 valence electrons. The van der Waals surface area contributed by atoms with Crippen molar-refractivity contribution in [3.63, 3.8) is 0 Å². The second-order valence-corrected chi connectivity index (χ2v) is 3.75. The van der Waals surface area contributed by atoms with Gasteiger partial charge in [0.1, 0.15) is 0 Å². The summed E-state index contributed by atoms with van der Waals surface area (Å²) in [5.74, 6) is 0.343. The first-order valence-electron chi connectivity index (χ1n) is 5.09. The Labute approximate surface area is 85.1 Å². The van der Waals surface area contributed by atoms with Crippen molar-refractivity contribution in [2.75, 3.05) is 13.2 Å². The fourth-order valence-corrected chi connectivity index (χ4v) is 1.46. The Balaban J connectivity index is 2.10. The number of esters is 1. The first-order valence-corrected chi connectivity index (χ1v) is 5.09. The van der Waals surface area contributed by atoms with Gasteiger partial charge in [0.2, 0.25) is 0 Å². The first-order chi connectivity index (χ1) is 6.65. The molecule has 0 amide bonds. The van der Waals surface area contributed by atoms with E-state index < -0.39 is 0 Å². The maximum Gasteiger partial charge on any atom is 0.333 e. The van der Waals surface area contributed by atoms with Gasteiger partial charge in [-0.15, -0.1) is 0 Å². The van der Waals surface area contributed by atoms with Gasteiger partial charge in [-0.25, -0.2) is 4.79 Å². The van der Waals surface area contributed by atoms with E-state index in [-0.39, 0.29) is 12.1 Å². The van der Waals surface area contributed by atoms with Gasteiger partial charge in [-0.3, -0.25) is 0 Å². The molecular formula is C11H18O3. The molecule has 0 aliphatic carbocycles. The highest BCUT2D eigenvalue weighted by atomic mass is 16.5. The molecule has 2 atom stereocenters. The zero-order valence-electron chi connectivity index (χ0n) is 8.91. The second-order valence-electron chi connectivity index (χ2n) is 3.75. The summed E-state index contributed by atoms with van der Waals surface area (Å²) in [5, 5.41) is 0. The standard InChI is InChI=1S/C11H18O3/c1-4-9-7-14-10(9)5-6-13-11(12)8(2)3/h9-10H,2,4-7H2,1,3H3. The van der Waals surface area contributed by atoms with E-state index in [1.165, 1.54) is 0 Å². The average molecular weight is 198 g/mol. The summed E-state index contributed by atoms with van der Waals surface area (Å²) in [7, 11) is 0. The SMILES string of the molecule is C=C(C)C(=O)OCCC1OCC1CC. The molecule has 0 aromatic carbocycles. The summed E-state index contributed by atoms with van der Waals surface area (Å²) in [6, 6.07) is 0. The predicted molar refractivity (Wildman–Crippen MR) is 53.9 cm³/mol. The Bertz CT molecular complexity index is 221. The minimum atomic E-state index is -0.308. The van der Waals surface area contributed by atoms with Crippen LogP contribution in [0.1, 0.15) is 26.7 Å². The van der Waals surface area contributed by atoms with Crippen LogP contribution in [-0.2, 0) is 14.3 Å². The van der Waals surface area contributed by atoms with Gasteiger partial charge in [0.15, 0.2) is 0 Å². The van der Waals surface area contributed by atoms with Crippen molar-refractivity contribution in [3.05, 3.63) is 12.2 Å². The zero-order chi connectivity index (χ0) is 10.6. The van der Waals surface area contributed by atoms with Crippen LogP contribution >= 0.6 is 0 Å². The van der Waals surface area contributed by atoms with Crippen LogP contribution in [0.25, 0.3) is 0 Å². The molecule has 1 aliphatic rings. The highest BCUT2D eigenvalue weighted by Crippen LogP contribution is 2.25. The molecule has 0 saturated carbocycles. The van der Waals surface area contributed by atoms with Crippen LogP contribution in [0, 0.1) is 5.92 Å². The number of ether oxygens (including phenoxy) is 2. The van der Waals surface area contributed by atoms with E-state index in [0.717, 1.165) is 19.4 Å². The van der Waals surface area contributed by atoms with Crippen LogP contribution in [0.15, 0.2) is 12.2 Å². The van der Waals surface area contributed by atoms with Crippen LogP contribution in [0.3, 0.4) is 0 Å². The summed E-state index contributed by atoms with van der Waals surface area (Å²) in [6.07, 6.45) is 2.23. The minimum Gasteiger partial charge on any atom is -0.462 e. The van der Waals surface area contributed by atoms with Crippen molar-refractivity contribution in [2.24, 2.45) is 5.92 Å². The van der Waals surface area contributed by atoms with Crippen molar-refractivity contribution < 1.29 is 14.3 Å². The van der Waals surface area contributed by atoms with Crippen molar-refractivity contribution in [1.82, 2.24) is 0 Å². The molecular weight excluding hydrogens is 180 g/mol. The second kappa shape index (κ2) is 5.15. The Morgan fingerprint density at radius 2 is 2.36 bits per heavy atom. The molecule has 1 rings (SSSR count). The fraction of sp³-hybridized carbons (Fsp3) is 0.727. The van der Waals surface area contributed by atoms with Gasteiger partial charge in [-0.2, -0.15) is 0 Å². The van der Waals surface area contributed by atoms with Crippen molar-refractivity contribution >= 4 is 5.97 Å². The summed E-state index contributed by atoms with van der Waals surface area (Å²) in [6.45, 7) is 8.61. The van der Waals surface area contributed by atoms with Crippen LogP contribution in [0.2, 0.25) is 0 Å². The van der Waals surface area contributed by atoms with Crippen LogP contribution in [-0.4, -0.2) is 25.3 Å². The lowest BCUT2D eigenvalue weighted by molar-refractivity contribution is -0.146. The lowest BCUT2D eigenvalue weighted by Gasteiger charge is -2.36. The molecule has 1 fully saturated rings. The zero-order valence-corrected chi connectivity index (χ0v) is 8.91. The van der Waals surface area contributed by atoms with E-state index in [4.69, 9.17) is 9.47 Å². The van der Waals surface area contributed by atoms with Gasteiger partial charge in [0, 0.05) is 17.9 Å². The number of carbonyl (C=O) groups is 1. The summed E-state index contributed by atoms with van der Waals surface area (Å²) >= 11 is 0. The molecule has 3 heteroatoms. The summed E-state index contributed by atoms with van der Waals surface area (Å²) in [4.78, 5) is 11.0. The van der Waals surface area contributed by atoms with Gasteiger partial charge in [0.05, 0.1) is 19.3 Å². The molecule has 2 unspecified atom stereocenters. The third-order valence-corrected chi connectivity index (χ3v) is 2.56. The Kier molecular flexibility index (Phi) is 4.14. The van der Waals surface area contributed by atoms with Gasteiger partial charge < -0.3 is 9.47 Å². The van der Waals surface area contributed by atoms with Gasteiger partial charge in [0.25, 0.3) is 0 Å². The van der Waals surface area contributed by atoms with Gasteiger partial charge >= 0.3 is 5.97 Å². The number of carbonyl (C=O) groups excluding carboxylic acids is 1. The molecule has 0 aromatic heterocycles. The third-order valence-electron chi connectivity index (χ3n) is 2.56. The highest BCUT2D eigenvalue weighted by molar-refractivity contribution is 5.86. The van der Waals surface area contributed by atoms with E-state index >= 15 is 0 Å². The van der Waals surface area contributed by atoms with Gasteiger partial charge in [-0.05, 0) is 13.3 Å². The Morgan fingerprint density at radius 1 is 1.64 bits per heavy atom. The third kappa shape index (κ3) is 2.84. The molecule has 3 nitrogen and oxygen atoms in total. The molecule has 0 bridgehead atoms. The molecule has 0 radical (unpaired) electrons. The first kappa shape index (κ1) is 11.2. The van der Waals surface area contributed by atoms with E-state index in [1.807, 2.05) is 0 Å². The number of hydrogen-bond acceptors (Lipinski definition) is 3. The average Bonchev–Trinajstić information content (AvgIpc) is 2.10. The van der Waals surface area contributed by atoms with Crippen LogP contribution in [0.5, 0.6) is 0 Å². The number of hydrogen-bond donors (Lipinski definition) is 0. The molecule has 0 aromatic rings. The smallest absolute Gasteiger partial charge is 0.333 e. The van der Waals surface area contributed by atoms with Crippen molar-refractivity contribution in [2.45, 2.75) is 32.8 Å². The topological polar surface area (TPSA) is 35.5 Å². The molecule has 0 N–H and O–H groups in total. The molecule has 1 heterocycles. The Hall–Kier alpha value is -0.830.